The molecule has 0 spiro atoms. The monoisotopic (exact) mass is 188 g/mol. The molecule has 2 rings (SSSR count). The van der Waals surface area contributed by atoms with E-state index < -0.39 is 0 Å². The number of thiophene rings is 1. The second-order valence-corrected chi connectivity index (χ2v) is 4.41. The first-order valence-electron chi connectivity index (χ1n) is 4.22. The summed E-state index contributed by atoms with van der Waals surface area (Å²) in [5.41, 5.74) is -0.250. The third kappa shape index (κ3) is 1.13. The Hall–Kier alpha value is -1.32. The van der Waals surface area contributed by atoms with E-state index in [1.165, 1.54) is 11.3 Å². The predicted molar refractivity (Wildman–Crippen MR) is 50.2 cm³/mol. The van der Waals surface area contributed by atoms with Crippen LogP contribution in [-0.4, -0.2) is 0 Å². The molecule has 1 saturated carbocycles. The summed E-state index contributed by atoms with van der Waals surface area (Å²) >= 11 is 1.46. The highest BCUT2D eigenvalue weighted by Crippen LogP contribution is 2.45. The van der Waals surface area contributed by atoms with E-state index in [-0.39, 0.29) is 5.41 Å². The summed E-state index contributed by atoms with van der Waals surface area (Å²) in [7, 11) is 0. The first-order valence-corrected chi connectivity index (χ1v) is 5.04. The molecule has 3 heteroatoms. The van der Waals surface area contributed by atoms with Crippen LogP contribution in [0, 0.1) is 22.7 Å². The summed E-state index contributed by atoms with van der Waals surface area (Å²) in [6.07, 6.45) is 3.04. The first-order chi connectivity index (χ1) is 6.30. The summed E-state index contributed by atoms with van der Waals surface area (Å²) in [5.74, 6) is 0. The van der Waals surface area contributed by atoms with E-state index in [0.29, 0.717) is 4.88 Å². The average molecular weight is 188 g/mol. The van der Waals surface area contributed by atoms with E-state index in [1.807, 2.05) is 6.07 Å². The number of rotatable bonds is 1. The largest absolute Gasteiger partial charge is 0.197 e. The lowest BCUT2D eigenvalue weighted by atomic mass is 9.69. The summed E-state index contributed by atoms with van der Waals surface area (Å²) in [4.78, 5) is 1.77. The molecular formula is C10H8N2S. The molecule has 1 aromatic heterocycles. The van der Waals surface area contributed by atoms with Gasteiger partial charge in [0.2, 0.25) is 0 Å². The third-order valence-electron chi connectivity index (χ3n) is 2.61. The van der Waals surface area contributed by atoms with Gasteiger partial charge in [0, 0.05) is 4.88 Å². The van der Waals surface area contributed by atoms with Crippen LogP contribution >= 0.6 is 11.3 Å². The van der Waals surface area contributed by atoms with E-state index in [2.05, 4.69) is 12.1 Å². The normalized spacial score (nSPS) is 18.3. The molecule has 0 amide bonds. The van der Waals surface area contributed by atoms with Crippen molar-refractivity contribution in [2.24, 2.45) is 0 Å². The molecule has 1 aliphatic carbocycles. The maximum atomic E-state index is 9.05. The number of hydrogen-bond donors (Lipinski definition) is 0. The minimum absolute atomic E-state index is 0.250. The Morgan fingerprint density at radius 1 is 1.31 bits per heavy atom. The van der Waals surface area contributed by atoms with Gasteiger partial charge in [-0.15, -0.1) is 11.3 Å². The minimum atomic E-state index is -0.250. The van der Waals surface area contributed by atoms with Crippen molar-refractivity contribution in [3.63, 3.8) is 0 Å². The molecule has 0 saturated heterocycles. The third-order valence-corrected chi connectivity index (χ3v) is 3.80. The molecule has 0 radical (unpaired) electrons. The molecular weight excluding hydrogens is 180 g/mol. The van der Waals surface area contributed by atoms with Gasteiger partial charge in [0.15, 0.2) is 0 Å². The maximum Gasteiger partial charge on any atom is 0.110 e. The Morgan fingerprint density at radius 3 is 2.46 bits per heavy atom. The smallest absolute Gasteiger partial charge is 0.110 e. The van der Waals surface area contributed by atoms with E-state index in [9.17, 15) is 0 Å². The van der Waals surface area contributed by atoms with Gasteiger partial charge in [-0.25, -0.2) is 0 Å². The summed E-state index contributed by atoms with van der Waals surface area (Å²) in [6, 6.07) is 8.20. The molecule has 0 bridgehead atoms. The Bertz CT molecular complexity index is 401. The van der Waals surface area contributed by atoms with Gasteiger partial charge in [-0.1, -0.05) is 0 Å². The van der Waals surface area contributed by atoms with Gasteiger partial charge in [0.25, 0.3) is 0 Å². The molecule has 1 aromatic rings. The molecule has 2 nitrogen and oxygen atoms in total. The molecule has 1 fully saturated rings. The summed E-state index contributed by atoms with van der Waals surface area (Å²) < 4.78 is 0. The first kappa shape index (κ1) is 8.29. The SMILES string of the molecule is N#Cc1ccc(C2(C#N)CCC2)s1. The molecule has 1 aliphatic rings. The van der Waals surface area contributed by atoms with Crippen molar-refractivity contribution < 1.29 is 0 Å². The van der Waals surface area contributed by atoms with Crippen molar-refractivity contribution in [2.45, 2.75) is 24.7 Å². The van der Waals surface area contributed by atoms with Crippen LogP contribution in [0.25, 0.3) is 0 Å². The molecule has 0 unspecified atom stereocenters. The molecule has 0 aromatic carbocycles. The van der Waals surface area contributed by atoms with E-state index in [0.717, 1.165) is 24.1 Å². The quantitative estimate of drug-likeness (QED) is 0.680. The Kier molecular flexibility index (Phi) is 1.83. The highest BCUT2D eigenvalue weighted by atomic mass is 32.1. The topological polar surface area (TPSA) is 47.6 Å². The zero-order valence-electron chi connectivity index (χ0n) is 7.08. The van der Waals surface area contributed by atoms with Crippen molar-refractivity contribution in [2.75, 3.05) is 0 Å². The van der Waals surface area contributed by atoms with E-state index in [1.54, 1.807) is 6.07 Å². The van der Waals surface area contributed by atoms with Crippen LogP contribution in [0.15, 0.2) is 12.1 Å². The van der Waals surface area contributed by atoms with Crippen LogP contribution in [0.4, 0.5) is 0 Å². The van der Waals surface area contributed by atoms with Gasteiger partial charge in [-0.3, -0.25) is 0 Å². The molecule has 0 N–H and O–H groups in total. The number of nitriles is 2. The fourth-order valence-electron chi connectivity index (χ4n) is 1.60. The van der Waals surface area contributed by atoms with E-state index in [4.69, 9.17) is 10.5 Å². The molecule has 0 atom stereocenters. The van der Waals surface area contributed by atoms with Crippen LogP contribution < -0.4 is 0 Å². The van der Waals surface area contributed by atoms with Crippen molar-refractivity contribution in [1.82, 2.24) is 0 Å². The second-order valence-electron chi connectivity index (χ2n) is 3.32. The zero-order chi connectivity index (χ0) is 9.31. The lowest BCUT2D eigenvalue weighted by Crippen LogP contribution is -2.31. The molecule has 13 heavy (non-hydrogen) atoms. The van der Waals surface area contributed by atoms with Crippen molar-refractivity contribution in [1.29, 1.82) is 10.5 Å². The Labute approximate surface area is 81.0 Å². The lowest BCUT2D eigenvalue weighted by Gasteiger charge is -2.33. The minimum Gasteiger partial charge on any atom is -0.197 e. The predicted octanol–water partition coefficient (Wildman–Crippen LogP) is 2.57. The van der Waals surface area contributed by atoms with Crippen molar-refractivity contribution in [3.8, 4) is 12.1 Å². The summed E-state index contributed by atoms with van der Waals surface area (Å²) in [5, 5.41) is 17.7. The van der Waals surface area contributed by atoms with Gasteiger partial charge in [-0.05, 0) is 31.4 Å². The number of nitrogens with zero attached hydrogens (tertiary/aromatic N) is 2. The van der Waals surface area contributed by atoms with Gasteiger partial charge >= 0.3 is 0 Å². The van der Waals surface area contributed by atoms with Crippen molar-refractivity contribution in [3.05, 3.63) is 21.9 Å². The number of hydrogen-bond acceptors (Lipinski definition) is 3. The second kappa shape index (κ2) is 2.87. The average Bonchev–Trinajstić information content (AvgIpc) is 2.52. The molecule has 0 aliphatic heterocycles. The van der Waals surface area contributed by atoms with Crippen LogP contribution in [0.3, 0.4) is 0 Å². The zero-order valence-corrected chi connectivity index (χ0v) is 7.90. The standard InChI is InChI=1S/C10H8N2S/c11-6-8-2-3-9(13-8)10(7-12)4-1-5-10/h2-3H,1,4-5H2. The van der Waals surface area contributed by atoms with Crippen LogP contribution in [0.2, 0.25) is 0 Å². The highest BCUT2D eigenvalue weighted by molar-refractivity contribution is 7.12. The maximum absolute atomic E-state index is 9.05. The van der Waals surface area contributed by atoms with Gasteiger partial charge in [0.05, 0.1) is 11.5 Å². The van der Waals surface area contributed by atoms with Gasteiger partial charge in [-0.2, -0.15) is 10.5 Å². The Morgan fingerprint density at radius 2 is 2.08 bits per heavy atom. The fourth-order valence-corrected chi connectivity index (χ4v) is 2.60. The molecule has 64 valence electrons. The van der Waals surface area contributed by atoms with Crippen LogP contribution in [-0.2, 0) is 5.41 Å². The van der Waals surface area contributed by atoms with Gasteiger partial charge in [0.1, 0.15) is 10.9 Å². The van der Waals surface area contributed by atoms with Crippen LogP contribution in [0.5, 0.6) is 0 Å². The molecule has 1 heterocycles. The highest BCUT2D eigenvalue weighted by Gasteiger charge is 2.40. The van der Waals surface area contributed by atoms with Crippen molar-refractivity contribution >= 4 is 11.3 Å². The Balaban J connectivity index is 2.36. The van der Waals surface area contributed by atoms with Gasteiger partial charge < -0.3 is 0 Å². The van der Waals surface area contributed by atoms with Crippen LogP contribution in [0.1, 0.15) is 29.0 Å². The summed E-state index contributed by atoms with van der Waals surface area (Å²) in [6.45, 7) is 0. The van der Waals surface area contributed by atoms with E-state index >= 15 is 0 Å². The fraction of sp³-hybridized carbons (Fsp3) is 0.400. The lowest BCUT2D eigenvalue weighted by molar-refractivity contribution is 0.330.